The predicted octanol–water partition coefficient (Wildman–Crippen LogP) is 0.477. The first-order valence-electron chi connectivity index (χ1n) is 2.55. The Labute approximate surface area is 38.7 Å². The molecule has 2 nitrogen and oxygen atoms in total. The van der Waals surface area contributed by atoms with Crippen LogP contribution in [-0.4, -0.2) is 9.97 Å². The Balaban J connectivity index is 3.08. The van der Waals surface area contributed by atoms with Gasteiger partial charge in [-0.15, -0.1) is 0 Å². The second-order valence-corrected chi connectivity index (χ2v) is 0.786. The standard InChI is InChI=1S/C4H4N2/c1-2-5-4-6-3-1/h1-4H/i2T,4T. The molecule has 0 spiro atoms. The molecule has 0 N–H and O–H groups in total. The van der Waals surface area contributed by atoms with E-state index in [0.717, 1.165) is 0 Å². The van der Waals surface area contributed by atoms with Crippen molar-refractivity contribution in [2.75, 3.05) is 0 Å². The zero-order valence-corrected chi connectivity index (χ0v) is 3.05. The fraction of sp³-hybridized carbons (Fsp3) is 0. The summed E-state index contributed by atoms with van der Waals surface area (Å²) in [5.74, 6) is 0. The molecular formula is C4H4N2. The summed E-state index contributed by atoms with van der Waals surface area (Å²) in [6, 6.07) is 1.43. The normalized spacial score (nSPS) is 12.7. The van der Waals surface area contributed by atoms with E-state index in [4.69, 9.17) is 2.74 Å². The van der Waals surface area contributed by atoms with Crippen molar-refractivity contribution in [2.45, 2.75) is 0 Å². The number of hydrogen-bond acceptors (Lipinski definition) is 2. The molecule has 0 aliphatic rings. The summed E-state index contributed by atoms with van der Waals surface area (Å²) in [4.78, 5) is 6.87. The average Bonchev–Trinajstić information content (AvgIpc) is 1.64. The maximum Gasteiger partial charge on any atom is 0.115 e. The lowest BCUT2D eigenvalue weighted by molar-refractivity contribution is 1.17. The number of nitrogens with zero attached hydrogens (tertiary/aromatic N) is 2. The van der Waals surface area contributed by atoms with Gasteiger partial charge in [0, 0.05) is 12.4 Å². The van der Waals surface area contributed by atoms with Crippen LogP contribution in [0.1, 0.15) is 2.74 Å². The molecule has 0 bridgehead atoms. The third-order valence-electron chi connectivity index (χ3n) is 0.396. The zero-order chi connectivity index (χ0) is 5.98. The van der Waals surface area contributed by atoms with Crippen LogP contribution < -0.4 is 0 Å². The van der Waals surface area contributed by atoms with E-state index in [1.165, 1.54) is 12.3 Å². The molecule has 0 saturated carbocycles. The second kappa shape index (κ2) is 1.50. The summed E-state index contributed by atoms with van der Waals surface area (Å²) >= 11 is 0. The fourth-order valence-electron chi connectivity index (χ4n) is 0.199. The molecule has 0 amide bonds. The Morgan fingerprint density at radius 1 is 1.50 bits per heavy atom. The summed E-state index contributed by atoms with van der Waals surface area (Å²) in [6.07, 6.45) is 1.38. The minimum atomic E-state index is -0.0995. The number of rotatable bonds is 0. The Kier molecular flexibility index (Phi) is 0.422. The first kappa shape index (κ1) is 1.69. The Morgan fingerprint density at radius 2 is 2.50 bits per heavy atom. The SMILES string of the molecule is [3H]c1ccnc([3H])n1. The summed E-state index contributed by atoms with van der Waals surface area (Å²) in [7, 11) is 0. The molecular weight excluding hydrogens is 76.1 g/mol. The average molecular weight is 84.1 g/mol. The minimum absolute atomic E-state index is 0.0880. The number of aromatic nitrogens is 2. The smallest absolute Gasteiger partial charge is 0.115 e. The highest BCUT2D eigenvalue weighted by atomic mass is 14.8. The highest BCUT2D eigenvalue weighted by Gasteiger charge is 1.59. The Bertz CT molecular complexity index is 172. The van der Waals surface area contributed by atoms with Crippen molar-refractivity contribution in [3.8, 4) is 0 Å². The highest BCUT2D eigenvalue weighted by Crippen LogP contribution is 1.66. The van der Waals surface area contributed by atoms with Crippen molar-refractivity contribution in [2.24, 2.45) is 0 Å². The van der Waals surface area contributed by atoms with Crippen LogP contribution in [0.5, 0.6) is 0 Å². The van der Waals surface area contributed by atoms with Gasteiger partial charge < -0.3 is 0 Å². The van der Waals surface area contributed by atoms with Crippen LogP contribution in [0.2, 0.25) is 0 Å². The van der Waals surface area contributed by atoms with Crippen LogP contribution in [0.4, 0.5) is 0 Å². The largest absolute Gasteiger partial charge is 0.245 e. The Morgan fingerprint density at radius 3 is 3.00 bits per heavy atom. The lowest BCUT2D eigenvalue weighted by atomic mass is 10.7. The fourth-order valence-corrected chi connectivity index (χ4v) is 0.199. The Hall–Kier alpha value is -0.920. The zero-order valence-electron chi connectivity index (χ0n) is 5.05. The van der Waals surface area contributed by atoms with Gasteiger partial charge in [0.2, 0.25) is 0 Å². The van der Waals surface area contributed by atoms with Gasteiger partial charge in [-0.05, 0) is 6.07 Å². The first-order chi connectivity index (χ1) is 3.79. The molecule has 0 fully saturated rings. The van der Waals surface area contributed by atoms with Gasteiger partial charge in [-0.1, -0.05) is 0 Å². The molecule has 1 aromatic rings. The van der Waals surface area contributed by atoms with Gasteiger partial charge in [-0.3, -0.25) is 0 Å². The molecule has 2 heteroatoms. The van der Waals surface area contributed by atoms with Gasteiger partial charge in [-0.2, -0.15) is 0 Å². The van der Waals surface area contributed by atoms with Crippen LogP contribution in [-0.2, 0) is 0 Å². The quantitative estimate of drug-likeness (QED) is 0.457. The minimum Gasteiger partial charge on any atom is -0.245 e. The van der Waals surface area contributed by atoms with Gasteiger partial charge in [0.05, 0.1) is 1.37 Å². The van der Waals surface area contributed by atoms with E-state index in [2.05, 4.69) is 9.97 Å². The molecule has 0 radical (unpaired) electrons. The van der Waals surface area contributed by atoms with Crippen molar-refractivity contribution >= 4 is 0 Å². The summed E-state index contributed by atoms with van der Waals surface area (Å²) < 4.78 is 13.7. The third-order valence-corrected chi connectivity index (χ3v) is 0.396. The third kappa shape index (κ3) is 0.516. The van der Waals surface area contributed by atoms with Crippen LogP contribution in [0, 0.1) is 0 Å². The molecule has 0 unspecified atom stereocenters. The predicted molar refractivity (Wildman–Crippen MR) is 22.0 cm³/mol. The van der Waals surface area contributed by atoms with E-state index in [9.17, 15) is 0 Å². The van der Waals surface area contributed by atoms with E-state index in [-0.39, 0.29) is 12.5 Å². The van der Waals surface area contributed by atoms with Crippen LogP contribution in [0.3, 0.4) is 0 Å². The summed E-state index contributed by atoms with van der Waals surface area (Å²) in [5, 5.41) is 0. The van der Waals surface area contributed by atoms with Gasteiger partial charge in [0.25, 0.3) is 0 Å². The first-order valence-corrected chi connectivity index (χ1v) is 1.55. The molecule has 0 saturated heterocycles. The van der Waals surface area contributed by atoms with E-state index >= 15 is 0 Å². The lowest BCUT2D eigenvalue weighted by Crippen LogP contribution is -1.66. The molecule has 1 aromatic heterocycles. The molecule has 1 heterocycles. The van der Waals surface area contributed by atoms with Crippen molar-refractivity contribution in [1.82, 2.24) is 9.97 Å². The molecule has 0 aromatic carbocycles. The van der Waals surface area contributed by atoms with Crippen molar-refractivity contribution in [3.05, 3.63) is 24.7 Å². The lowest BCUT2D eigenvalue weighted by Gasteiger charge is -1.70. The van der Waals surface area contributed by atoms with Gasteiger partial charge in [-0.25, -0.2) is 9.97 Å². The summed E-state index contributed by atoms with van der Waals surface area (Å²) in [5.41, 5.74) is 0. The summed E-state index contributed by atoms with van der Waals surface area (Å²) in [6.45, 7) is 0. The van der Waals surface area contributed by atoms with Crippen LogP contribution in [0.25, 0.3) is 0 Å². The highest BCUT2D eigenvalue weighted by molar-refractivity contribution is 4.74. The maximum absolute atomic E-state index is 6.86. The van der Waals surface area contributed by atoms with Crippen LogP contribution >= 0.6 is 0 Å². The molecule has 6 heavy (non-hydrogen) atoms. The van der Waals surface area contributed by atoms with E-state index < -0.39 is 0 Å². The van der Waals surface area contributed by atoms with Gasteiger partial charge >= 0.3 is 0 Å². The molecule has 0 aliphatic carbocycles. The van der Waals surface area contributed by atoms with Gasteiger partial charge in [0.1, 0.15) is 7.67 Å². The molecule has 0 aliphatic heterocycles. The topological polar surface area (TPSA) is 25.8 Å². The van der Waals surface area contributed by atoms with Crippen LogP contribution in [0.15, 0.2) is 24.7 Å². The van der Waals surface area contributed by atoms with Crippen molar-refractivity contribution in [1.29, 1.82) is 0 Å². The van der Waals surface area contributed by atoms with Gasteiger partial charge in [0.15, 0.2) is 0 Å². The van der Waals surface area contributed by atoms with Crippen molar-refractivity contribution < 1.29 is 2.74 Å². The number of hydrogen-bond donors (Lipinski definition) is 0. The monoisotopic (exact) mass is 84.1 g/mol. The van der Waals surface area contributed by atoms with E-state index in [0.29, 0.717) is 0 Å². The van der Waals surface area contributed by atoms with Crippen molar-refractivity contribution in [3.63, 3.8) is 0 Å². The molecule has 30 valence electrons. The molecule has 1 rings (SSSR count). The van der Waals surface area contributed by atoms with E-state index in [1.54, 1.807) is 0 Å². The maximum atomic E-state index is 6.86. The molecule has 0 atom stereocenters. The second-order valence-electron chi connectivity index (χ2n) is 0.786. The van der Waals surface area contributed by atoms with E-state index in [1.807, 2.05) is 0 Å².